The van der Waals surface area contributed by atoms with Gasteiger partial charge in [-0.1, -0.05) is 30.3 Å². The average molecular weight is 319 g/mol. The molecule has 1 fully saturated rings. The average Bonchev–Trinajstić information content (AvgIpc) is 3.18. The van der Waals surface area contributed by atoms with Gasteiger partial charge in [-0.25, -0.2) is 4.79 Å². The zero-order valence-electron chi connectivity index (χ0n) is 11.8. The molecule has 1 aromatic carbocycles. The summed E-state index contributed by atoms with van der Waals surface area (Å²) in [6.07, 6.45) is -4.50. The predicted molar refractivity (Wildman–Crippen MR) is 71.2 cm³/mol. The van der Waals surface area contributed by atoms with Gasteiger partial charge in [0.2, 0.25) is 0 Å². The van der Waals surface area contributed by atoms with Crippen molar-refractivity contribution in [1.29, 1.82) is 0 Å². The molecule has 8 heteroatoms. The first-order chi connectivity index (χ1) is 10.1. The first kappa shape index (κ1) is 18.1. The lowest BCUT2D eigenvalue weighted by Crippen LogP contribution is -2.40. The van der Waals surface area contributed by atoms with E-state index in [-0.39, 0.29) is 5.78 Å². The molecule has 3 N–H and O–H groups in total. The Labute approximate surface area is 124 Å². The molecule has 5 nitrogen and oxygen atoms in total. The van der Waals surface area contributed by atoms with Crippen LogP contribution in [0.25, 0.3) is 0 Å². The van der Waals surface area contributed by atoms with Crippen molar-refractivity contribution in [2.45, 2.75) is 31.2 Å². The SMILES string of the molecule is C[C@]1(C(=O)[C@@H](N)Cc2ccccc2)CO1.O=C(O)C(F)(F)F. The molecule has 0 bridgehead atoms. The second-order valence-electron chi connectivity index (χ2n) is 4.98. The van der Waals surface area contributed by atoms with Crippen LogP contribution in [-0.4, -0.2) is 41.3 Å². The molecule has 1 heterocycles. The summed E-state index contributed by atoms with van der Waals surface area (Å²) in [5, 5.41) is 7.12. The fourth-order valence-electron chi connectivity index (χ4n) is 1.60. The van der Waals surface area contributed by atoms with E-state index in [0.29, 0.717) is 13.0 Å². The molecular weight excluding hydrogens is 303 g/mol. The Morgan fingerprint density at radius 1 is 1.36 bits per heavy atom. The summed E-state index contributed by atoms with van der Waals surface area (Å²) < 4.78 is 36.8. The van der Waals surface area contributed by atoms with Crippen molar-refractivity contribution in [3.63, 3.8) is 0 Å². The van der Waals surface area contributed by atoms with E-state index in [1.165, 1.54) is 0 Å². The number of carbonyl (C=O) groups excluding carboxylic acids is 1. The van der Waals surface area contributed by atoms with Crippen LogP contribution in [0.4, 0.5) is 13.2 Å². The van der Waals surface area contributed by atoms with Gasteiger partial charge >= 0.3 is 12.1 Å². The lowest BCUT2D eigenvalue weighted by Gasteiger charge is -2.12. The second kappa shape index (κ2) is 6.89. The van der Waals surface area contributed by atoms with Gasteiger partial charge in [0.25, 0.3) is 0 Å². The van der Waals surface area contributed by atoms with Crippen molar-refractivity contribution in [2.24, 2.45) is 5.73 Å². The summed E-state index contributed by atoms with van der Waals surface area (Å²) in [4.78, 5) is 20.7. The van der Waals surface area contributed by atoms with E-state index >= 15 is 0 Å². The minimum absolute atomic E-state index is 0.00588. The molecule has 22 heavy (non-hydrogen) atoms. The number of Topliss-reactive ketones (excluding diaryl/α,β-unsaturated/α-hetero) is 1. The summed E-state index contributed by atoms with van der Waals surface area (Å²) in [6.45, 7) is 2.30. The Morgan fingerprint density at radius 3 is 2.18 bits per heavy atom. The third-order valence-electron chi connectivity index (χ3n) is 2.98. The summed E-state index contributed by atoms with van der Waals surface area (Å²) in [7, 11) is 0. The van der Waals surface area contributed by atoms with E-state index in [1.54, 1.807) is 6.92 Å². The van der Waals surface area contributed by atoms with Crippen molar-refractivity contribution in [1.82, 2.24) is 0 Å². The third kappa shape index (κ3) is 5.45. The lowest BCUT2D eigenvalue weighted by atomic mass is 9.96. The molecule has 2 atom stereocenters. The minimum atomic E-state index is -5.08. The molecule has 2 rings (SSSR count). The van der Waals surface area contributed by atoms with Gasteiger partial charge in [0.05, 0.1) is 12.6 Å². The molecule has 1 aliphatic rings. The normalized spacial score (nSPS) is 21.3. The van der Waals surface area contributed by atoms with Crippen molar-refractivity contribution in [2.75, 3.05) is 6.61 Å². The largest absolute Gasteiger partial charge is 0.490 e. The molecule has 1 saturated heterocycles. The number of carbonyl (C=O) groups is 2. The Balaban J connectivity index is 0.000000295. The van der Waals surface area contributed by atoms with E-state index in [2.05, 4.69) is 0 Å². The molecule has 1 aliphatic heterocycles. The lowest BCUT2D eigenvalue weighted by molar-refractivity contribution is -0.192. The molecule has 1 aromatic rings. The number of aliphatic carboxylic acids is 1. The standard InChI is InChI=1S/C12H15NO2.C2HF3O2/c1-12(8-15-12)11(14)10(13)7-9-5-3-2-4-6-9;3-2(4,5)1(6)7/h2-6,10H,7-8,13H2,1H3;(H,6,7)/t10-,12+;/m0./s1. The van der Waals surface area contributed by atoms with Crippen LogP contribution in [0.1, 0.15) is 12.5 Å². The third-order valence-corrected chi connectivity index (χ3v) is 2.98. The number of carboxylic acid groups (broad SMARTS) is 1. The minimum Gasteiger partial charge on any atom is -0.475 e. The highest BCUT2D eigenvalue weighted by Crippen LogP contribution is 2.28. The van der Waals surface area contributed by atoms with Crippen LogP contribution in [0.3, 0.4) is 0 Å². The van der Waals surface area contributed by atoms with Gasteiger partial charge in [0, 0.05) is 0 Å². The zero-order valence-corrected chi connectivity index (χ0v) is 11.8. The van der Waals surface area contributed by atoms with Gasteiger partial charge in [-0.3, -0.25) is 4.79 Å². The molecule has 0 saturated carbocycles. The first-order valence-electron chi connectivity index (χ1n) is 6.34. The van der Waals surface area contributed by atoms with Crippen molar-refractivity contribution < 1.29 is 32.6 Å². The van der Waals surface area contributed by atoms with Crippen LogP contribution in [-0.2, 0) is 20.7 Å². The summed E-state index contributed by atoms with van der Waals surface area (Å²) in [5.74, 6) is -2.75. The van der Waals surface area contributed by atoms with E-state index < -0.39 is 23.8 Å². The monoisotopic (exact) mass is 319 g/mol. The number of benzene rings is 1. The number of hydrogen-bond donors (Lipinski definition) is 2. The smallest absolute Gasteiger partial charge is 0.475 e. The van der Waals surface area contributed by atoms with Gasteiger partial charge in [-0.15, -0.1) is 0 Å². The molecular formula is C14H16F3NO4. The Kier molecular flexibility index (Phi) is 5.67. The van der Waals surface area contributed by atoms with Crippen molar-refractivity contribution in [3.05, 3.63) is 35.9 Å². The molecule has 0 aromatic heterocycles. The Hall–Kier alpha value is -1.93. The highest BCUT2D eigenvalue weighted by atomic mass is 19.4. The Morgan fingerprint density at radius 2 is 1.82 bits per heavy atom. The maximum atomic E-state index is 11.8. The molecule has 0 radical (unpaired) electrons. The number of ether oxygens (including phenoxy) is 1. The number of nitrogens with two attached hydrogens (primary N) is 1. The van der Waals surface area contributed by atoms with Crippen molar-refractivity contribution in [3.8, 4) is 0 Å². The fraction of sp³-hybridized carbons (Fsp3) is 0.429. The van der Waals surface area contributed by atoms with Crippen molar-refractivity contribution >= 4 is 11.8 Å². The highest BCUT2D eigenvalue weighted by molar-refractivity contribution is 5.93. The number of epoxide rings is 1. The predicted octanol–water partition coefficient (Wildman–Crippen LogP) is 1.55. The topological polar surface area (TPSA) is 92.9 Å². The number of hydrogen-bond acceptors (Lipinski definition) is 4. The molecule has 0 aliphatic carbocycles. The fourth-order valence-corrected chi connectivity index (χ4v) is 1.60. The highest BCUT2D eigenvalue weighted by Gasteiger charge is 2.48. The number of carboxylic acids is 1. The van der Waals surface area contributed by atoms with Crippen LogP contribution in [0.5, 0.6) is 0 Å². The number of halogens is 3. The van der Waals surface area contributed by atoms with E-state index in [9.17, 15) is 18.0 Å². The second-order valence-corrected chi connectivity index (χ2v) is 4.98. The van der Waals surface area contributed by atoms with Gasteiger partial charge in [0.15, 0.2) is 5.78 Å². The van der Waals surface area contributed by atoms with Crippen LogP contribution in [0, 0.1) is 0 Å². The van der Waals surface area contributed by atoms with Crippen LogP contribution >= 0.6 is 0 Å². The molecule has 0 spiro atoms. The van der Waals surface area contributed by atoms with Gasteiger partial charge in [-0.05, 0) is 18.9 Å². The van der Waals surface area contributed by atoms with Gasteiger partial charge < -0.3 is 15.6 Å². The maximum absolute atomic E-state index is 11.8. The number of ketones is 1. The summed E-state index contributed by atoms with van der Waals surface area (Å²) in [5.41, 5.74) is 6.33. The molecule has 122 valence electrons. The van der Waals surface area contributed by atoms with E-state index in [1.807, 2.05) is 30.3 Å². The maximum Gasteiger partial charge on any atom is 0.490 e. The Bertz CT molecular complexity index is 527. The van der Waals surface area contributed by atoms with Gasteiger partial charge in [-0.2, -0.15) is 13.2 Å². The molecule has 0 amide bonds. The van der Waals surface area contributed by atoms with Crippen LogP contribution in [0.15, 0.2) is 30.3 Å². The quantitative estimate of drug-likeness (QED) is 0.821. The summed E-state index contributed by atoms with van der Waals surface area (Å²) >= 11 is 0. The van der Waals surface area contributed by atoms with E-state index in [0.717, 1.165) is 5.56 Å². The zero-order chi connectivity index (χ0) is 17.0. The van der Waals surface area contributed by atoms with Gasteiger partial charge in [0.1, 0.15) is 5.60 Å². The number of rotatable bonds is 4. The number of alkyl halides is 3. The van der Waals surface area contributed by atoms with E-state index in [4.69, 9.17) is 20.4 Å². The molecule has 0 unspecified atom stereocenters. The van der Waals surface area contributed by atoms with Crippen LogP contribution < -0.4 is 5.73 Å². The summed E-state index contributed by atoms with van der Waals surface area (Å²) in [6, 6.07) is 9.33. The first-order valence-corrected chi connectivity index (χ1v) is 6.34. The van der Waals surface area contributed by atoms with Crippen LogP contribution in [0.2, 0.25) is 0 Å².